The molecule has 1 aromatic rings. The highest BCUT2D eigenvalue weighted by Gasteiger charge is 2.10. The molecule has 0 aliphatic carbocycles. The molecule has 0 fully saturated rings. The molecule has 2 nitrogen and oxygen atoms in total. The van der Waals surface area contributed by atoms with Crippen LogP contribution in [0.3, 0.4) is 0 Å². The summed E-state index contributed by atoms with van der Waals surface area (Å²) in [5, 5.41) is 9.46. The summed E-state index contributed by atoms with van der Waals surface area (Å²) in [5.74, 6) is -0.106. The highest BCUT2D eigenvalue weighted by Crippen LogP contribution is 2.27. The zero-order valence-electron chi connectivity index (χ0n) is 8.05. The van der Waals surface area contributed by atoms with E-state index in [4.69, 9.17) is 21.4 Å². The van der Waals surface area contributed by atoms with Crippen molar-refractivity contribution in [3.05, 3.63) is 28.5 Å². The third-order valence-electron chi connectivity index (χ3n) is 1.84. The first kappa shape index (κ1) is 11.3. The predicted octanol–water partition coefficient (Wildman–Crippen LogP) is 2.41. The highest BCUT2D eigenvalue weighted by atomic mass is 35.5. The van der Waals surface area contributed by atoms with Crippen LogP contribution in [-0.2, 0) is 6.42 Å². The van der Waals surface area contributed by atoms with E-state index in [-0.39, 0.29) is 6.42 Å². The largest absolute Gasteiger partial charge is 0.495 e. The van der Waals surface area contributed by atoms with Gasteiger partial charge in [-0.2, -0.15) is 0 Å². The van der Waals surface area contributed by atoms with E-state index in [1.54, 1.807) is 6.92 Å². The highest BCUT2D eigenvalue weighted by molar-refractivity contribution is 6.32. The standard InChI is InChI=1S/C10H12ClFO2/c1-6(13)3-7-4-8(11)10(14-2)5-9(7)12/h4-6,13H,3H2,1-2H3. The summed E-state index contributed by atoms with van der Waals surface area (Å²) >= 11 is 5.81. The van der Waals surface area contributed by atoms with E-state index >= 15 is 0 Å². The molecule has 0 bridgehead atoms. The number of rotatable bonds is 3. The van der Waals surface area contributed by atoms with Crippen molar-refractivity contribution in [2.24, 2.45) is 0 Å². The lowest BCUT2D eigenvalue weighted by molar-refractivity contribution is 0.194. The van der Waals surface area contributed by atoms with Gasteiger partial charge in [-0.1, -0.05) is 11.6 Å². The van der Waals surface area contributed by atoms with Crippen molar-refractivity contribution in [2.45, 2.75) is 19.4 Å². The number of benzene rings is 1. The van der Waals surface area contributed by atoms with Crippen LogP contribution in [0.2, 0.25) is 5.02 Å². The molecule has 78 valence electrons. The molecule has 4 heteroatoms. The topological polar surface area (TPSA) is 29.5 Å². The maximum Gasteiger partial charge on any atom is 0.140 e. The van der Waals surface area contributed by atoms with Gasteiger partial charge in [0.15, 0.2) is 0 Å². The number of aliphatic hydroxyl groups excluding tert-OH is 1. The van der Waals surface area contributed by atoms with Gasteiger partial charge in [-0.25, -0.2) is 4.39 Å². The van der Waals surface area contributed by atoms with Crippen molar-refractivity contribution in [3.8, 4) is 5.75 Å². The summed E-state index contributed by atoms with van der Waals surface area (Å²) in [6, 6.07) is 2.70. The number of aliphatic hydroxyl groups is 1. The van der Waals surface area contributed by atoms with Crippen LogP contribution in [0.15, 0.2) is 12.1 Å². The summed E-state index contributed by atoms with van der Waals surface area (Å²) in [5.41, 5.74) is 0.394. The molecule has 0 spiro atoms. The van der Waals surface area contributed by atoms with E-state index in [1.807, 2.05) is 0 Å². The van der Waals surface area contributed by atoms with E-state index in [1.165, 1.54) is 19.2 Å². The average molecular weight is 219 g/mol. The lowest BCUT2D eigenvalue weighted by Crippen LogP contribution is -2.06. The van der Waals surface area contributed by atoms with Gasteiger partial charge in [0.05, 0.1) is 18.2 Å². The molecule has 0 heterocycles. The van der Waals surface area contributed by atoms with Crippen LogP contribution in [0.5, 0.6) is 5.75 Å². The van der Waals surface area contributed by atoms with Crippen molar-refractivity contribution in [1.82, 2.24) is 0 Å². The second kappa shape index (κ2) is 4.62. The molecule has 1 rings (SSSR count). The Kier molecular flexibility index (Phi) is 3.72. The second-order valence-electron chi connectivity index (χ2n) is 3.13. The van der Waals surface area contributed by atoms with Crippen LogP contribution in [0.4, 0.5) is 4.39 Å². The lowest BCUT2D eigenvalue weighted by Gasteiger charge is -2.09. The van der Waals surface area contributed by atoms with Gasteiger partial charge in [0, 0.05) is 12.5 Å². The van der Waals surface area contributed by atoms with Crippen LogP contribution < -0.4 is 4.74 Å². The molecule has 0 saturated carbocycles. The van der Waals surface area contributed by atoms with Crippen LogP contribution in [-0.4, -0.2) is 18.3 Å². The number of hydrogen-bond donors (Lipinski definition) is 1. The van der Waals surface area contributed by atoms with E-state index in [0.717, 1.165) is 0 Å². The first-order valence-electron chi connectivity index (χ1n) is 4.24. The van der Waals surface area contributed by atoms with Gasteiger partial charge >= 0.3 is 0 Å². The Morgan fingerprint density at radius 2 is 2.21 bits per heavy atom. The minimum Gasteiger partial charge on any atom is -0.495 e. The Balaban J connectivity index is 3.02. The normalized spacial score (nSPS) is 12.6. The summed E-state index contributed by atoms with van der Waals surface area (Å²) in [6.45, 7) is 1.59. The van der Waals surface area contributed by atoms with Gasteiger partial charge in [-0.15, -0.1) is 0 Å². The zero-order chi connectivity index (χ0) is 10.7. The Bertz CT molecular complexity index is 326. The lowest BCUT2D eigenvalue weighted by atomic mass is 10.1. The van der Waals surface area contributed by atoms with Gasteiger partial charge in [0.1, 0.15) is 11.6 Å². The van der Waals surface area contributed by atoms with Crippen LogP contribution >= 0.6 is 11.6 Å². The van der Waals surface area contributed by atoms with Gasteiger partial charge in [-0.3, -0.25) is 0 Å². The zero-order valence-corrected chi connectivity index (χ0v) is 8.81. The van der Waals surface area contributed by atoms with Crippen LogP contribution in [0, 0.1) is 5.82 Å². The first-order chi connectivity index (χ1) is 6.54. The van der Waals surface area contributed by atoms with E-state index < -0.39 is 11.9 Å². The third kappa shape index (κ3) is 2.59. The van der Waals surface area contributed by atoms with E-state index in [9.17, 15) is 4.39 Å². The van der Waals surface area contributed by atoms with Crippen LogP contribution in [0.1, 0.15) is 12.5 Å². The molecular formula is C10H12ClFO2. The summed E-state index contributed by atoms with van der Waals surface area (Å²) in [7, 11) is 1.43. The Labute approximate surface area is 87.3 Å². The Morgan fingerprint density at radius 3 is 2.71 bits per heavy atom. The molecule has 1 unspecified atom stereocenters. The molecule has 0 amide bonds. The van der Waals surface area contributed by atoms with E-state index in [2.05, 4.69) is 0 Å². The third-order valence-corrected chi connectivity index (χ3v) is 2.13. The van der Waals surface area contributed by atoms with Gasteiger partial charge in [0.2, 0.25) is 0 Å². The maximum absolute atomic E-state index is 13.3. The number of hydrogen-bond acceptors (Lipinski definition) is 2. The molecule has 1 aromatic carbocycles. The molecule has 0 aliphatic heterocycles. The van der Waals surface area contributed by atoms with Crippen molar-refractivity contribution in [1.29, 1.82) is 0 Å². The molecule has 0 aromatic heterocycles. The summed E-state index contributed by atoms with van der Waals surface area (Å²) in [6.07, 6.45) is -0.343. The van der Waals surface area contributed by atoms with Gasteiger partial charge in [-0.05, 0) is 18.6 Å². The molecule has 1 N–H and O–H groups in total. The quantitative estimate of drug-likeness (QED) is 0.844. The molecule has 0 radical (unpaired) electrons. The maximum atomic E-state index is 13.3. The fraction of sp³-hybridized carbons (Fsp3) is 0.400. The Morgan fingerprint density at radius 1 is 1.57 bits per heavy atom. The van der Waals surface area contributed by atoms with Gasteiger partial charge in [0.25, 0.3) is 0 Å². The van der Waals surface area contributed by atoms with Gasteiger partial charge < -0.3 is 9.84 Å². The summed E-state index contributed by atoms with van der Waals surface area (Å²) < 4.78 is 18.2. The fourth-order valence-electron chi connectivity index (χ4n) is 1.20. The molecular weight excluding hydrogens is 207 g/mol. The van der Waals surface area contributed by atoms with Crippen molar-refractivity contribution < 1.29 is 14.2 Å². The second-order valence-corrected chi connectivity index (χ2v) is 3.54. The van der Waals surface area contributed by atoms with E-state index in [0.29, 0.717) is 16.3 Å². The van der Waals surface area contributed by atoms with Crippen molar-refractivity contribution >= 4 is 11.6 Å². The number of halogens is 2. The van der Waals surface area contributed by atoms with Crippen molar-refractivity contribution in [2.75, 3.05) is 7.11 Å². The first-order valence-corrected chi connectivity index (χ1v) is 4.62. The molecule has 0 saturated heterocycles. The van der Waals surface area contributed by atoms with Crippen molar-refractivity contribution in [3.63, 3.8) is 0 Å². The predicted molar refractivity (Wildman–Crippen MR) is 53.3 cm³/mol. The smallest absolute Gasteiger partial charge is 0.140 e. The number of ether oxygens (including phenoxy) is 1. The SMILES string of the molecule is COc1cc(F)c(CC(C)O)cc1Cl. The molecule has 14 heavy (non-hydrogen) atoms. The summed E-state index contributed by atoms with van der Waals surface area (Å²) in [4.78, 5) is 0. The monoisotopic (exact) mass is 218 g/mol. The minimum atomic E-state index is -0.589. The molecule has 0 aliphatic rings. The number of methoxy groups -OCH3 is 1. The average Bonchev–Trinajstić information content (AvgIpc) is 2.10. The molecule has 1 atom stereocenters. The Hall–Kier alpha value is -0.800. The minimum absolute atomic E-state index is 0.246. The van der Waals surface area contributed by atoms with Crippen LogP contribution in [0.25, 0.3) is 0 Å². The fourth-order valence-corrected chi connectivity index (χ4v) is 1.46.